The van der Waals surface area contributed by atoms with Crippen LogP contribution < -0.4 is 25.3 Å². The van der Waals surface area contributed by atoms with Crippen LogP contribution in [0.4, 0.5) is 0 Å². The molecule has 0 spiro atoms. The van der Waals surface area contributed by atoms with E-state index in [0.29, 0.717) is 31.0 Å². The maximum atomic E-state index is 12.0. The lowest BCUT2D eigenvalue weighted by atomic mass is 10.1. The summed E-state index contributed by atoms with van der Waals surface area (Å²) in [6.07, 6.45) is 0.659. The van der Waals surface area contributed by atoms with Gasteiger partial charge in [0, 0.05) is 37.8 Å². The number of hydrogen-bond acceptors (Lipinski definition) is 6. The first-order chi connectivity index (χ1) is 10.6. The van der Waals surface area contributed by atoms with Gasteiger partial charge in [-0.25, -0.2) is 0 Å². The third-order valence-electron chi connectivity index (χ3n) is 4.13. The number of methoxy groups -OCH3 is 1. The highest BCUT2D eigenvalue weighted by atomic mass is 16.7. The highest BCUT2D eigenvalue weighted by Crippen LogP contribution is 2.39. The molecule has 2 aliphatic rings. The molecule has 7 heteroatoms. The zero-order chi connectivity index (χ0) is 15.7. The lowest BCUT2D eigenvalue weighted by molar-refractivity contribution is -0.125. The lowest BCUT2D eigenvalue weighted by Gasteiger charge is -2.24. The third-order valence-corrected chi connectivity index (χ3v) is 4.13. The Morgan fingerprint density at radius 1 is 1.45 bits per heavy atom. The van der Waals surface area contributed by atoms with Gasteiger partial charge in [-0.3, -0.25) is 9.69 Å². The molecule has 0 saturated carbocycles. The SMILES string of the molecule is CNC(=O)[C@@H]1C[C@@H](N)CN1Cc1cc2c(cc1OC)OCO2. The van der Waals surface area contributed by atoms with Gasteiger partial charge in [-0.15, -0.1) is 0 Å². The van der Waals surface area contributed by atoms with E-state index in [2.05, 4.69) is 10.2 Å². The number of carbonyl (C=O) groups is 1. The fourth-order valence-corrected chi connectivity index (χ4v) is 3.05. The minimum Gasteiger partial charge on any atom is -0.496 e. The van der Waals surface area contributed by atoms with Gasteiger partial charge in [0.05, 0.1) is 13.2 Å². The van der Waals surface area contributed by atoms with E-state index in [1.165, 1.54) is 0 Å². The standard InChI is InChI=1S/C15H21N3O4/c1-17-15(19)11-4-10(16)7-18(11)6-9-3-13-14(22-8-21-13)5-12(9)20-2/h3,5,10-11H,4,6-8,16H2,1-2H3,(H,17,19)/t10-,11+/m1/s1. The summed E-state index contributed by atoms with van der Waals surface area (Å²) in [4.78, 5) is 14.1. The minimum absolute atomic E-state index is 0.00213. The molecule has 0 unspecified atom stereocenters. The molecule has 1 aromatic carbocycles. The van der Waals surface area contributed by atoms with Crippen molar-refractivity contribution in [3.05, 3.63) is 17.7 Å². The predicted octanol–water partition coefficient (Wildman–Crippen LogP) is 0.0715. The number of fused-ring (bicyclic) bond motifs is 1. The summed E-state index contributed by atoms with van der Waals surface area (Å²) < 4.78 is 16.2. The molecular weight excluding hydrogens is 286 g/mol. The first-order valence-electron chi connectivity index (χ1n) is 7.30. The van der Waals surface area contributed by atoms with Crippen LogP contribution in [0.15, 0.2) is 12.1 Å². The van der Waals surface area contributed by atoms with E-state index in [0.717, 1.165) is 11.3 Å². The summed E-state index contributed by atoms with van der Waals surface area (Å²) in [6.45, 7) is 1.47. The molecule has 0 bridgehead atoms. The van der Waals surface area contributed by atoms with Crippen LogP contribution in [0.5, 0.6) is 17.2 Å². The van der Waals surface area contributed by atoms with Gasteiger partial charge in [-0.05, 0) is 12.5 Å². The molecule has 0 radical (unpaired) electrons. The molecule has 0 aromatic heterocycles. The van der Waals surface area contributed by atoms with Gasteiger partial charge >= 0.3 is 0 Å². The number of carbonyl (C=O) groups excluding carboxylic acids is 1. The molecule has 2 heterocycles. The number of hydrogen-bond donors (Lipinski definition) is 2. The Kier molecular flexibility index (Phi) is 4.08. The number of likely N-dealkylation sites (tertiary alicyclic amines) is 1. The number of nitrogens with one attached hydrogen (secondary N) is 1. The first kappa shape index (κ1) is 14.9. The number of ether oxygens (including phenoxy) is 3. The summed E-state index contributed by atoms with van der Waals surface area (Å²) in [6, 6.07) is 3.52. The lowest BCUT2D eigenvalue weighted by Crippen LogP contribution is -2.41. The van der Waals surface area contributed by atoms with E-state index in [1.807, 2.05) is 12.1 Å². The van der Waals surface area contributed by atoms with Gasteiger partial charge in [0.25, 0.3) is 0 Å². The van der Waals surface area contributed by atoms with Crippen LogP contribution in [0.3, 0.4) is 0 Å². The Balaban J connectivity index is 1.84. The fraction of sp³-hybridized carbons (Fsp3) is 0.533. The number of benzene rings is 1. The maximum absolute atomic E-state index is 12.0. The molecule has 3 rings (SSSR count). The van der Waals surface area contributed by atoms with Crippen LogP contribution >= 0.6 is 0 Å². The Bertz CT molecular complexity index is 578. The van der Waals surface area contributed by atoms with Crippen LogP contribution in [-0.4, -0.2) is 50.4 Å². The molecule has 7 nitrogen and oxygen atoms in total. The molecular formula is C15H21N3O4. The monoisotopic (exact) mass is 307 g/mol. The maximum Gasteiger partial charge on any atom is 0.237 e. The van der Waals surface area contributed by atoms with Crippen LogP contribution in [-0.2, 0) is 11.3 Å². The molecule has 22 heavy (non-hydrogen) atoms. The number of rotatable bonds is 4. The molecule has 1 amide bonds. The van der Waals surface area contributed by atoms with Crippen molar-refractivity contribution < 1.29 is 19.0 Å². The minimum atomic E-state index is -0.213. The van der Waals surface area contributed by atoms with Gasteiger partial charge in [0.1, 0.15) is 5.75 Å². The molecule has 1 saturated heterocycles. The van der Waals surface area contributed by atoms with Gasteiger partial charge in [0.2, 0.25) is 12.7 Å². The van der Waals surface area contributed by atoms with Crippen molar-refractivity contribution >= 4 is 5.91 Å². The Labute approximate surface area is 129 Å². The summed E-state index contributed by atoms with van der Waals surface area (Å²) in [5.41, 5.74) is 6.98. The highest BCUT2D eigenvalue weighted by Gasteiger charge is 2.35. The second-order valence-corrected chi connectivity index (χ2v) is 5.57. The largest absolute Gasteiger partial charge is 0.496 e. The summed E-state index contributed by atoms with van der Waals surface area (Å²) in [5, 5.41) is 2.70. The number of nitrogens with zero attached hydrogens (tertiary/aromatic N) is 1. The second-order valence-electron chi connectivity index (χ2n) is 5.57. The van der Waals surface area contributed by atoms with Gasteiger partial charge in [-0.2, -0.15) is 0 Å². The number of amides is 1. The molecule has 120 valence electrons. The van der Waals surface area contributed by atoms with E-state index in [4.69, 9.17) is 19.9 Å². The second kappa shape index (κ2) is 6.02. The normalized spacial score (nSPS) is 23.6. The summed E-state index contributed by atoms with van der Waals surface area (Å²) in [5.74, 6) is 2.10. The zero-order valence-electron chi connectivity index (χ0n) is 12.8. The third kappa shape index (κ3) is 2.69. The van der Waals surface area contributed by atoms with Gasteiger partial charge in [-0.1, -0.05) is 0 Å². The molecule has 3 N–H and O–H groups in total. The molecule has 2 aliphatic heterocycles. The smallest absolute Gasteiger partial charge is 0.237 e. The average Bonchev–Trinajstić information content (AvgIpc) is 3.11. The predicted molar refractivity (Wildman–Crippen MR) is 80.0 cm³/mol. The number of likely N-dealkylation sites (N-methyl/N-ethyl adjacent to an activating group) is 1. The molecule has 1 aromatic rings. The van der Waals surface area contributed by atoms with Gasteiger partial charge < -0.3 is 25.3 Å². The van der Waals surface area contributed by atoms with Crippen LogP contribution in [0.25, 0.3) is 0 Å². The van der Waals surface area contributed by atoms with Crippen molar-refractivity contribution in [2.75, 3.05) is 27.5 Å². The topological polar surface area (TPSA) is 86.1 Å². The van der Waals surface area contributed by atoms with Crippen LogP contribution in [0.1, 0.15) is 12.0 Å². The Hall–Kier alpha value is -1.99. The van der Waals surface area contributed by atoms with Crippen molar-refractivity contribution in [1.29, 1.82) is 0 Å². The van der Waals surface area contributed by atoms with E-state index < -0.39 is 0 Å². The summed E-state index contributed by atoms with van der Waals surface area (Å²) in [7, 11) is 3.26. The van der Waals surface area contributed by atoms with E-state index in [1.54, 1.807) is 14.2 Å². The van der Waals surface area contributed by atoms with Crippen LogP contribution in [0, 0.1) is 0 Å². The van der Waals surface area contributed by atoms with Crippen molar-refractivity contribution in [2.24, 2.45) is 5.73 Å². The van der Waals surface area contributed by atoms with Crippen molar-refractivity contribution in [1.82, 2.24) is 10.2 Å². The first-order valence-corrected chi connectivity index (χ1v) is 7.30. The summed E-state index contributed by atoms with van der Waals surface area (Å²) >= 11 is 0. The van der Waals surface area contributed by atoms with E-state index >= 15 is 0 Å². The van der Waals surface area contributed by atoms with Gasteiger partial charge in [0.15, 0.2) is 11.5 Å². The van der Waals surface area contributed by atoms with Crippen molar-refractivity contribution in [2.45, 2.75) is 25.0 Å². The average molecular weight is 307 g/mol. The van der Waals surface area contributed by atoms with Crippen molar-refractivity contribution in [3.8, 4) is 17.2 Å². The molecule has 1 fully saturated rings. The molecule has 2 atom stereocenters. The molecule has 0 aliphatic carbocycles. The highest BCUT2D eigenvalue weighted by molar-refractivity contribution is 5.81. The number of nitrogens with two attached hydrogens (primary N) is 1. The fourth-order valence-electron chi connectivity index (χ4n) is 3.05. The van der Waals surface area contributed by atoms with E-state index in [9.17, 15) is 4.79 Å². The van der Waals surface area contributed by atoms with E-state index in [-0.39, 0.29) is 24.8 Å². The Morgan fingerprint density at radius 2 is 2.18 bits per heavy atom. The van der Waals surface area contributed by atoms with Crippen molar-refractivity contribution in [3.63, 3.8) is 0 Å². The Morgan fingerprint density at radius 3 is 2.86 bits per heavy atom. The quantitative estimate of drug-likeness (QED) is 0.819. The zero-order valence-corrected chi connectivity index (χ0v) is 12.8. The van der Waals surface area contributed by atoms with Crippen LogP contribution in [0.2, 0.25) is 0 Å².